The number of hydrogen-bond donors (Lipinski definition) is 4. The molecule has 0 amide bonds. The Morgan fingerprint density at radius 1 is 1.00 bits per heavy atom. The Kier molecular flexibility index (Phi) is 7.13. The number of carboxylic acids is 3. The van der Waals surface area contributed by atoms with Crippen molar-refractivity contribution in [2.45, 2.75) is 13.3 Å². The molecule has 108 valence electrons. The maximum absolute atomic E-state index is 10.5. The fourth-order valence-electron chi connectivity index (χ4n) is 1.15. The van der Waals surface area contributed by atoms with Crippen molar-refractivity contribution in [1.29, 1.82) is 0 Å². The van der Waals surface area contributed by atoms with E-state index in [1.165, 1.54) is 24.3 Å². The molecule has 0 radical (unpaired) electrons. The van der Waals surface area contributed by atoms with Crippen molar-refractivity contribution in [2.75, 3.05) is 0 Å². The van der Waals surface area contributed by atoms with Crippen LogP contribution in [0.15, 0.2) is 36.1 Å². The molecule has 0 spiro atoms. The molecular formula is C13H14O7. The van der Waals surface area contributed by atoms with E-state index < -0.39 is 17.9 Å². The fraction of sp³-hybridized carbons (Fsp3) is 0.154. The van der Waals surface area contributed by atoms with Gasteiger partial charge in [0.25, 0.3) is 0 Å². The van der Waals surface area contributed by atoms with Crippen molar-refractivity contribution in [1.82, 2.24) is 0 Å². The second-order valence-corrected chi connectivity index (χ2v) is 3.47. The molecule has 0 heterocycles. The minimum absolute atomic E-state index is 0.0324. The van der Waals surface area contributed by atoms with Crippen LogP contribution in [0.1, 0.15) is 34.1 Å². The highest BCUT2D eigenvalue weighted by Crippen LogP contribution is 2.07. The van der Waals surface area contributed by atoms with Gasteiger partial charge in [-0.3, -0.25) is 0 Å². The van der Waals surface area contributed by atoms with Crippen molar-refractivity contribution in [2.24, 2.45) is 0 Å². The van der Waals surface area contributed by atoms with Crippen molar-refractivity contribution in [3.63, 3.8) is 0 Å². The third-order valence-electron chi connectivity index (χ3n) is 2.20. The molecule has 20 heavy (non-hydrogen) atoms. The van der Waals surface area contributed by atoms with E-state index in [1.54, 1.807) is 6.92 Å². The zero-order valence-electron chi connectivity index (χ0n) is 10.6. The lowest BCUT2D eigenvalue weighted by Crippen LogP contribution is -2.06. The summed E-state index contributed by atoms with van der Waals surface area (Å²) < 4.78 is 0. The van der Waals surface area contributed by atoms with Crippen molar-refractivity contribution in [3.8, 4) is 0 Å². The van der Waals surface area contributed by atoms with Gasteiger partial charge in [0.05, 0.1) is 23.0 Å². The van der Waals surface area contributed by atoms with Crippen LogP contribution in [0.5, 0.6) is 0 Å². The maximum Gasteiger partial charge on any atom is 0.336 e. The first-order chi connectivity index (χ1) is 9.34. The summed E-state index contributed by atoms with van der Waals surface area (Å²) in [6.07, 6.45) is 0.966. The second kappa shape index (κ2) is 8.30. The summed E-state index contributed by atoms with van der Waals surface area (Å²) in [4.78, 5) is 30.9. The summed E-state index contributed by atoms with van der Waals surface area (Å²) in [6.45, 7) is 1.66. The number of rotatable bonds is 4. The van der Waals surface area contributed by atoms with E-state index in [-0.39, 0.29) is 16.7 Å². The Bertz CT molecular complexity index is 498. The van der Waals surface area contributed by atoms with E-state index in [0.717, 1.165) is 0 Å². The highest BCUT2D eigenvalue weighted by Gasteiger charge is 2.13. The van der Waals surface area contributed by atoms with Crippen LogP contribution in [0, 0.1) is 0 Å². The van der Waals surface area contributed by atoms with E-state index in [2.05, 4.69) is 0 Å². The molecule has 1 aromatic rings. The largest absolute Gasteiger partial charge is 0.515 e. The van der Waals surface area contributed by atoms with E-state index in [9.17, 15) is 14.4 Å². The van der Waals surface area contributed by atoms with Gasteiger partial charge in [-0.2, -0.15) is 0 Å². The number of hydrogen-bond acceptors (Lipinski definition) is 4. The van der Waals surface area contributed by atoms with Crippen LogP contribution in [-0.4, -0.2) is 38.3 Å². The highest BCUT2D eigenvalue weighted by molar-refractivity contribution is 6.01. The number of aliphatic hydroxyl groups excluding tert-OH is 1. The lowest BCUT2D eigenvalue weighted by Gasteiger charge is -1.98. The summed E-state index contributed by atoms with van der Waals surface area (Å²) >= 11 is 0. The van der Waals surface area contributed by atoms with Gasteiger partial charge in [0.2, 0.25) is 0 Å². The Morgan fingerprint density at radius 2 is 1.40 bits per heavy atom. The molecule has 0 bridgehead atoms. The van der Waals surface area contributed by atoms with Gasteiger partial charge in [-0.05, 0) is 18.6 Å². The van der Waals surface area contributed by atoms with Crippen LogP contribution in [0.3, 0.4) is 0 Å². The first-order valence-corrected chi connectivity index (χ1v) is 5.47. The number of carboxylic acid groups (broad SMARTS) is 3. The summed E-state index contributed by atoms with van der Waals surface area (Å²) in [5, 5.41) is 33.4. The van der Waals surface area contributed by atoms with Gasteiger partial charge in [-0.25, -0.2) is 14.4 Å². The smallest absolute Gasteiger partial charge is 0.336 e. The van der Waals surface area contributed by atoms with Gasteiger partial charge in [0.1, 0.15) is 0 Å². The van der Waals surface area contributed by atoms with Gasteiger partial charge in [-0.1, -0.05) is 19.1 Å². The number of aliphatic hydroxyl groups is 1. The van der Waals surface area contributed by atoms with Gasteiger partial charge in [0.15, 0.2) is 0 Å². The minimum Gasteiger partial charge on any atom is -0.515 e. The molecule has 7 nitrogen and oxygen atoms in total. The molecule has 0 saturated carbocycles. The molecule has 0 fully saturated rings. The molecule has 1 rings (SSSR count). The molecule has 0 aromatic heterocycles. The lowest BCUT2D eigenvalue weighted by atomic mass is 10.1. The van der Waals surface area contributed by atoms with Gasteiger partial charge in [-0.15, -0.1) is 0 Å². The first kappa shape index (κ1) is 17.2. The zero-order valence-corrected chi connectivity index (χ0v) is 10.6. The Hall–Kier alpha value is -2.83. The predicted octanol–water partition coefficient (Wildman–Crippen LogP) is 2.01. The average Bonchev–Trinajstić information content (AvgIpc) is 2.40. The zero-order chi connectivity index (χ0) is 15.7. The van der Waals surface area contributed by atoms with E-state index in [4.69, 9.17) is 20.4 Å². The third kappa shape index (κ3) is 5.21. The standard InChI is InChI=1S/C8H6O4.C5H8O3/c9-7(10)5-3-1-2-4-6(5)8(11)12;1-2-4(3-6)5(7)8/h1-4H,(H,9,10)(H,11,12);3,6H,2H2,1H3,(H,7,8). The Balaban J connectivity index is 0.000000396. The molecular weight excluding hydrogens is 268 g/mol. The van der Waals surface area contributed by atoms with Crippen LogP contribution in [0.25, 0.3) is 0 Å². The molecule has 7 heteroatoms. The van der Waals surface area contributed by atoms with Crippen molar-refractivity contribution < 1.29 is 34.8 Å². The van der Waals surface area contributed by atoms with E-state index >= 15 is 0 Å². The van der Waals surface area contributed by atoms with E-state index in [0.29, 0.717) is 12.7 Å². The number of benzene rings is 1. The van der Waals surface area contributed by atoms with Gasteiger partial charge < -0.3 is 20.4 Å². The monoisotopic (exact) mass is 282 g/mol. The van der Waals surface area contributed by atoms with Crippen LogP contribution in [0.2, 0.25) is 0 Å². The highest BCUT2D eigenvalue weighted by atomic mass is 16.4. The summed E-state index contributed by atoms with van der Waals surface area (Å²) in [5.74, 6) is -3.52. The van der Waals surface area contributed by atoms with Crippen LogP contribution in [0.4, 0.5) is 0 Å². The SMILES string of the molecule is CCC(=CO)C(=O)O.O=C(O)c1ccccc1C(=O)O. The van der Waals surface area contributed by atoms with Crippen molar-refractivity contribution in [3.05, 3.63) is 47.2 Å². The molecule has 1 aromatic carbocycles. The second-order valence-electron chi connectivity index (χ2n) is 3.47. The summed E-state index contributed by atoms with van der Waals surface area (Å²) in [7, 11) is 0. The molecule has 0 aliphatic rings. The number of carbonyl (C=O) groups is 3. The molecule has 0 aliphatic heterocycles. The quantitative estimate of drug-likeness (QED) is 0.490. The molecule has 0 aliphatic carbocycles. The van der Waals surface area contributed by atoms with Crippen molar-refractivity contribution >= 4 is 17.9 Å². The summed E-state index contributed by atoms with van der Waals surface area (Å²) in [5.41, 5.74) is -0.347. The predicted molar refractivity (Wildman–Crippen MR) is 69.0 cm³/mol. The maximum atomic E-state index is 10.5. The Morgan fingerprint density at radius 3 is 1.55 bits per heavy atom. The fourth-order valence-corrected chi connectivity index (χ4v) is 1.15. The topological polar surface area (TPSA) is 132 Å². The third-order valence-corrected chi connectivity index (χ3v) is 2.20. The average molecular weight is 282 g/mol. The molecule has 4 N–H and O–H groups in total. The van der Waals surface area contributed by atoms with Gasteiger partial charge >= 0.3 is 17.9 Å². The van der Waals surface area contributed by atoms with Crippen LogP contribution >= 0.6 is 0 Å². The minimum atomic E-state index is -1.23. The first-order valence-electron chi connectivity index (χ1n) is 5.47. The number of aliphatic carboxylic acids is 1. The number of aromatic carboxylic acids is 2. The normalized spacial score (nSPS) is 10.2. The molecule has 0 atom stereocenters. The lowest BCUT2D eigenvalue weighted by molar-refractivity contribution is -0.132. The van der Waals surface area contributed by atoms with Crippen LogP contribution in [-0.2, 0) is 4.79 Å². The Labute approximate surface area is 114 Å². The van der Waals surface area contributed by atoms with E-state index in [1.807, 2.05) is 0 Å². The van der Waals surface area contributed by atoms with Crippen LogP contribution < -0.4 is 0 Å². The molecule has 0 unspecified atom stereocenters. The van der Waals surface area contributed by atoms with Gasteiger partial charge in [0, 0.05) is 0 Å². The molecule has 0 saturated heterocycles. The summed E-state index contributed by atoms with van der Waals surface area (Å²) in [6, 6.07) is 5.48.